The van der Waals surface area contributed by atoms with Gasteiger partial charge in [-0.05, 0) is 72.4 Å². The molecule has 2 aromatic carbocycles. The highest BCUT2D eigenvalue weighted by Crippen LogP contribution is 2.55. The molecule has 2 saturated carbocycles. The number of hydrogen-bond acceptors (Lipinski definition) is 3. The van der Waals surface area contributed by atoms with Gasteiger partial charge in [-0.1, -0.05) is 50.3 Å². The summed E-state index contributed by atoms with van der Waals surface area (Å²) in [5, 5.41) is 0. The first-order chi connectivity index (χ1) is 13.5. The summed E-state index contributed by atoms with van der Waals surface area (Å²) in [6, 6.07) is 16.6. The van der Waals surface area contributed by atoms with Crippen LogP contribution in [-0.2, 0) is 4.79 Å². The second-order valence-electron chi connectivity index (χ2n) is 8.27. The van der Waals surface area contributed by atoms with Crippen LogP contribution < -0.4 is 4.74 Å². The highest BCUT2D eigenvalue weighted by atomic mass is 16.5. The zero-order chi connectivity index (χ0) is 19.7. The average Bonchev–Trinajstić information content (AvgIpc) is 3.27. The predicted octanol–water partition coefficient (Wildman–Crippen LogP) is 5.42. The first-order valence-electron chi connectivity index (χ1n) is 10.1. The van der Waals surface area contributed by atoms with Gasteiger partial charge in [-0.3, -0.25) is 9.59 Å². The maximum atomic E-state index is 12.6. The Hall–Kier alpha value is -2.68. The van der Waals surface area contributed by atoms with Gasteiger partial charge < -0.3 is 4.74 Å². The number of hydrogen-bond donors (Lipinski definition) is 0. The molecule has 0 spiro atoms. The number of carbonyl (C=O) groups is 2. The zero-order valence-electron chi connectivity index (χ0n) is 16.4. The van der Waals surface area contributed by atoms with Crippen LogP contribution in [0.3, 0.4) is 0 Å². The van der Waals surface area contributed by atoms with Gasteiger partial charge in [0.05, 0.1) is 5.92 Å². The molecule has 0 aromatic heterocycles. The van der Waals surface area contributed by atoms with Gasteiger partial charge in [-0.15, -0.1) is 0 Å². The Morgan fingerprint density at radius 1 is 0.929 bits per heavy atom. The Morgan fingerprint density at radius 2 is 1.64 bits per heavy atom. The van der Waals surface area contributed by atoms with Crippen molar-refractivity contribution < 1.29 is 14.3 Å². The number of ether oxygens (including phenoxy) is 1. The fourth-order valence-electron chi connectivity index (χ4n) is 4.92. The molecule has 0 N–H and O–H groups in total. The van der Waals surface area contributed by atoms with Crippen molar-refractivity contribution in [1.29, 1.82) is 0 Å². The maximum absolute atomic E-state index is 12.6. The molecule has 28 heavy (non-hydrogen) atoms. The lowest BCUT2D eigenvalue weighted by atomic mass is 9.76. The van der Waals surface area contributed by atoms with Crippen molar-refractivity contribution >= 4 is 17.8 Å². The van der Waals surface area contributed by atoms with Crippen molar-refractivity contribution in [2.75, 3.05) is 0 Å². The predicted molar refractivity (Wildman–Crippen MR) is 110 cm³/mol. The SMILES string of the molecule is CC1C2CC(C(=O)Oc3ccc(C(=O)/C=C/c4ccccc4)cc3)C(C2)C1C. The van der Waals surface area contributed by atoms with Gasteiger partial charge >= 0.3 is 5.97 Å². The molecule has 2 aliphatic carbocycles. The first kappa shape index (κ1) is 18.7. The molecule has 5 atom stereocenters. The standard InChI is InChI=1S/C25H26O3/c1-16-17(2)22-14-20(16)15-23(22)25(27)28-21-11-9-19(10-12-21)24(26)13-8-18-6-4-3-5-7-18/h3-13,16-17,20,22-23H,14-15H2,1-2H3/b13-8+. The van der Waals surface area contributed by atoms with E-state index in [0.717, 1.165) is 18.4 Å². The lowest BCUT2D eigenvalue weighted by molar-refractivity contribution is -0.141. The average molecular weight is 374 g/mol. The normalized spacial score (nSPS) is 28.6. The minimum absolute atomic E-state index is 0.0197. The molecule has 4 rings (SSSR count). The summed E-state index contributed by atoms with van der Waals surface area (Å²) in [7, 11) is 0. The van der Waals surface area contributed by atoms with Gasteiger partial charge in [0.25, 0.3) is 0 Å². The Bertz CT molecular complexity index is 880. The Labute approximate surface area is 166 Å². The highest BCUT2D eigenvalue weighted by molar-refractivity contribution is 6.06. The van der Waals surface area contributed by atoms with Gasteiger partial charge in [0.2, 0.25) is 0 Å². The molecule has 0 aliphatic heterocycles. The summed E-state index contributed by atoms with van der Waals surface area (Å²) in [6.45, 7) is 4.57. The van der Waals surface area contributed by atoms with Crippen molar-refractivity contribution in [3.63, 3.8) is 0 Å². The van der Waals surface area contributed by atoms with Gasteiger partial charge in [0.15, 0.2) is 5.78 Å². The van der Waals surface area contributed by atoms with Gasteiger partial charge in [-0.25, -0.2) is 0 Å². The molecule has 0 amide bonds. The van der Waals surface area contributed by atoms with Crippen molar-refractivity contribution in [1.82, 2.24) is 0 Å². The van der Waals surface area contributed by atoms with Crippen molar-refractivity contribution in [2.24, 2.45) is 29.6 Å². The third-order valence-corrected chi connectivity index (χ3v) is 6.78. The van der Waals surface area contributed by atoms with E-state index in [1.807, 2.05) is 30.3 Å². The van der Waals surface area contributed by atoms with E-state index in [4.69, 9.17) is 4.74 Å². The van der Waals surface area contributed by atoms with Crippen LogP contribution >= 0.6 is 0 Å². The fourth-order valence-corrected chi connectivity index (χ4v) is 4.92. The molecule has 0 radical (unpaired) electrons. The maximum Gasteiger partial charge on any atom is 0.314 e. The van der Waals surface area contributed by atoms with E-state index in [1.165, 1.54) is 0 Å². The summed E-state index contributed by atoms with van der Waals surface area (Å²) >= 11 is 0. The third kappa shape index (κ3) is 3.66. The molecular weight excluding hydrogens is 348 g/mol. The monoisotopic (exact) mass is 374 g/mol. The highest BCUT2D eigenvalue weighted by Gasteiger charge is 2.51. The second kappa shape index (κ2) is 7.75. The van der Waals surface area contributed by atoms with Crippen LogP contribution in [0.25, 0.3) is 6.08 Å². The van der Waals surface area contributed by atoms with Crippen LogP contribution in [0.2, 0.25) is 0 Å². The molecule has 0 heterocycles. The molecule has 3 nitrogen and oxygen atoms in total. The molecule has 2 bridgehead atoms. The van der Waals surface area contributed by atoms with E-state index in [0.29, 0.717) is 35.0 Å². The largest absolute Gasteiger partial charge is 0.426 e. The third-order valence-electron chi connectivity index (χ3n) is 6.78. The van der Waals surface area contributed by atoms with Gasteiger partial charge in [-0.2, -0.15) is 0 Å². The number of fused-ring (bicyclic) bond motifs is 2. The molecule has 3 heteroatoms. The van der Waals surface area contributed by atoms with E-state index < -0.39 is 0 Å². The molecule has 2 aromatic rings. The Kier molecular flexibility index (Phi) is 5.17. The quantitative estimate of drug-likeness (QED) is 0.304. The molecular formula is C25H26O3. The van der Waals surface area contributed by atoms with Crippen LogP contribution in [0.15, 0.2) is 60.7 Å². The summed E-state index contributed by atoms with van der Waals surface area (Å²) < 4.78 is 5.63. The van der Waals surface area contributed by atoms with Crippen LogP contribution in [0.4, 0.5) is 0 Å². The lowest BCUT2D eigenvalue weighted by Gasteiger charge is -2.30. The fraction of sp³-hybridized carbons (Fsp3) is 0.360. The lowest BCUT2D eigenvalue weighted by Crippen LogP contribution is -2.32. The van der Waals surface area contributed by atoms with E-state index in [-0.39, 0.29) is 17.7 Å². The number of benzene rings is 2. The zero-order valence-corrected chi connectivity index (χ0v) is 16.4. The van der Waals surface area contributed by atoms with Crippen LogP contribution in [0.5, 0.6) is 5.75 Å². The van der Waals surface area contributed by atoms with E-state index in [1.54, 1.807) is 36.4 Å². The molecule has 144 valence electrons. The van der Waals surface area contributed by atoms with E-state index >= 15 is 0 Å². The second-order valence-corrected chi connectivity index (χ2v) is 8.27. The summed E-state index contributed by atoms with van der Waals surface area (Å²) in [4.78, 5) is 25.0. The number of esters is 1. The molecule has 0 saturated heterocycles. The minimum Gasteiger partial charge on any atom is -0.426 e. The smallest absolute Gasteiger partial charge is 0.314 e. The Morgan fingerprint density at radius 3 is 2.29 bits per heavy atom. The number of ketones is 1. The van der Waals surface area contributed by atoms with E-state index in [2.05, 4.69) is 13.8 Å². The van der Waals surface area contributed by atoms with Crippen LogP contribution in [0, 0.1) is 29.6 Å². The summed E-state index contributed by atoms with van der Waals surface area (Å²) in [5.41, 5.74) is 1.56. The first-order valence-corrected chi connectivity index (χ1v) is 10.1. The Balaban J connectivity index is 1.36. The number of allylic oxidation sites excluding steroid dienone is 1. The summed E-state index contributed by atoms with van der Waals surface area (Å²) in [6.07, 6.45) is 5.47. The molecule has 5 unspecified atom stereocenters. The van der Waals surface area contributed by atoms with E-state index in [9.17, 15) is 9.59 Å². The molecule has 2 fully saturated rings. The van der Waals surface area contributed by atoms with Gasteiger partial charge in [0, 0.05) is 5.56 Å². The van der Waals surface area contributed by atoms with Crippen molar-refractivity contribution in [3.05, 3.63) is 71.8 Å². The van der Waals surface area contributed by atoms with Crippen molar-refractivity contribution in [3.8, 4) is 5.75 Å². The molecule has 2 aliphatic rings. The van der Waals surface area contributed by atoms with Crippen LogP contribution in [-0.4, -0.2) is 11.8 Å². The van der Waals surface area contributed by atoms with Gasteiger partial charge in [0.1, 0.15) is 5.75 Å². The van der Waals surface area contributed by atoms with Crippen LogP contribution in [0.1, 0.15) is 42.6 Å². The number of carbonyl (C=O) groups excluding carboxylic acids is 2. The minimum atomic E-state index is -0.116. The van der Waals surface area contributed by atoms with Crippen molar-refractivity contribution in [2.45, 2.75) is 26.7 Å². The summed E-state index contributed by atoms with van der Waals surface area (Å²) in [5.74, 6) is 2.76. The topological polar surface area (TPSA) is 43.4 Å². The number of rotatable bonds is 5.